The number of aryl methyl sites for hydroxylation is 1. The van der Waals surface area contributed by atoms with Crippen molar-refractivity contribution in [2.45, 2.75) is 39.2 Å². The van der Waals surface area contributed by atoms with E-state index in [2.05, 4.69) is 24.0 Å². The average Bonchev–Trinajstić information content (AvgIpc) is 2.03. The average molecular weight is 178 g/mol. The SMILES string of the molecule is CCc1ccc(CC(C)(C)N)nc1. The molecule has 0 amide bonds. The van der Waals surface area contributed by atoms with Crippen LogP contribution in [-0.2, 0) is 12.8 Å². The molecule has 0 aliphatic carbocycles. The predicted molar refractivity (Wildman–Crippen MR) is 55.6 cm³/mol. The van der Waals surface area contributed by atoms with E-state index in [1.807, 2.05) is 20.0 Å². The number of hydrogen-bond acceptors (Lipinski definition) is 2. The van der Waals surface area contributed by atoms with E-state index in [1.54, 1.807) is 0 Å². The lowest BCUT2D eigenvalue weighted by molar-refractivity contribution is 0.510. The highest BCUT2D eigenvalue weighted by molar-refractivity contribution is 5.15. The van der Waals surface area contributed by atoms with Gasteiger partial charge in [-0.3, -0.25) is 4.98 Å². The van der Waals surface area contributed by atoms with E-state index >= 15 is 0 Å². The summed E-state index contributed by atoms with van der Waals surface area (Å²) >= 11 is 0. The van der Waals surface area contributed by atoms with Gasteiger partial charge < -0.3 is 5.73 Å². The van der Waals surface area contributed by atoms with Gasteiger partial charge in [0.1, 0.15) is 0 Å². The molecule has 0 bridgehead atoms. The second kappa shape index (κ2) is 3.88. The fraction of sp³-hybridized carbons (Fsp3) is 0.545. The van der Waals surface area contributed by atoms with E-state index in [9.17, 15) is 0 Å². The molecule has 13 heavy (non-hydrogen) atoms. The summed E-state index contributed by atoms with van der Waals surface area (Å²) in [5, 5.41) is 0. The molecular formula is C11H18N2. The summed E-state index contributed by atoms with van der Waals surface area (Å²) in [4.78, 5) is 4.35. The van der Waals surface area contributed by atoms with Crippen LogP contribution in [0.3, 0.4) is 0 Å². The number of nitrogens with zero attached hydrogens (tertiary/aromatic N) is 1. The van der Waals surface area contributed by atoms with E-state index < -0.39 is 0 Å². The molecule has 1 aromatic heterocycles. The molecule has 1 aromatic rings. The summed E-state index contributed by atoms with van der Waals surface area (Å²) in [7, 11) is 0. The number of rotatable bonds is 3. The van der Waals surface area contributed by atoms with Crippen molar-refractivity contribution in [2.24, 2.45) is 5.73 Å². The quantitative estimate of drug-likeness (QED) is 0.768. The second-order valence-electron chi connectivity index (χ2n) is 4.18. The zero-order valence-electron chi connectivity index (χ0n) is 8.67. The molecular weight excluding hydrogens is 160 g/mol. The number of pyridine rings is 1. The van der Waals surface area contributed by atoms with Crippen molar-refractivity contribution in [2.75, 3.05) is 0 Å². The molecule has 72 valence electrons. The standard InChI is InChI=1S/C11H18N2/c1-4-9-5-6-10(13-8-9)7-11(2,3)12/h5-6,8H,4,7,12H2,1-3H3. The highest BCUT2D eigenvalue weighted by atomic mass is 14.7. The third-order valence-corrected chi connectivity index (χ3v) is 1.93. The Bertz CT molecular complexity index is 256. The van der Waals surface area contributed by atoms with Crippen LogP contribution in [0.15, 0.2) is 18.3 Å². The zero-order valence-corrected chi connectivity index (χ0v) is 8.67. The Balaban J connectivity index is 2.70. The van der Waals surface area contributed by atoms with Gasteiger partial charge in [-0.05, 0) is 31.9 Å². The summed E-state index contributed by atoms with van der Waals surface area (Å²) < 4.78 is 0. The van der Waals surface area contributed by atoms with Crippen LogP contribution in [-0.4, -0.2) is 10.5 Å². The predicted octanol–water partition coefficient (Wildman–Crippen LogP) is 1.92. The third-order valence-electron chi connectivity index (χ3n) is 1.93. The highest BCUT2D eigenvalue weighted by Crippen LogP contribution is 2.08. The number of aromatic nitrogens is 1. The van der Waals surface area contributed by atoms with Gasteiger partial charge in [0.25, 0.3) is 0 Å². The van der Waals surface area contributed by atoms with Crippen LogP contribution >= 0.6 is 0 Å². The highest BCUT2D eigenvalue weighted by Gasteiger charge is 2.11. The minimum Gasteiger partial charge on any atom is -0.325 e. The topological polar surface area (TPSA) is 38.9 Å². The Kier molecular flexibility index (Phi) is 3.04. The van der Waals surface area contributed by atoms with E-state index in [0.29, 0.717) is 0 Å². The molecule has 0 saturated carbocycles. The summed E-state index contributed by atoms with van der Waals surface area (Å²) in [6, 6.07) is 4.18. The Hall–Kier alpha value is -0.890. The summed E-state index contributed by atoms with van der Waals surface area (Å²) in [5.74, 6) is 0. The molecule has 2 nitrogen and oxygen atoms in total. The van der Waals surface area contributed by atoms with Crippen molar-refractivity contribution < 1.29 is 0 Å². The van der Waals surface area contributed by atoms with E-state index in [0.717, 1.165) is 18.5 Å². The second-order valence-corrected chi connectivity index (χ2v) is 4.18. The van der Waals surface area contributed by atoms with Crippen molar-refractivity contribution in [3.63, 3.8) is 0 Å². The molecule has 2 heteroatoms. The summed E-state index contributed by atoms with van der Waals surface area (Å²) in [6.07, 6.45) is 3.80. The first-order valence-electron chi connectivity index (χ1n) is 4.74. The molecule has 0 radical (unpaired) electrons. The molecule has 0 unspecified atom stereocenters. The van der Waals surface area contributed by atoms with Gasteiger partial charge >= 0.3 is 0 Å². The van der Waals surface area contributed by atoms with Crippen LogP contribution in [0, 0.1) is 0 Å². The van der Waals surface area contributed by atoms with Crippen LogP contribution in [0.1, 0.15) is 32.0 Å². The Morgan fingerprint density at radius 3 is 2.46 bits per heavy atom. The molecule has 2 N–H and O–H groups in total. The summed E-state index contributed by atoms with van der Waals surface area (Å²) in [6.45, 7) is 6.16. The number of hydrogen-bond donors (Lipinski definition) is 1. The van der Waals surface area contributed by atoms with Gasteiger partial charge in [-0.25, -0.2) is 0 Å². The van der Waals surface area contributed by atoms with E-state index in [-0.39, 0.29) is 5.54 Å². The Morgan fingerprint density at radius 1 is 1.38 bits per heavy atom. The van der Waals surface area contributed by atoms with Crippen molar-refractivity contribution >= 4 is 0 Å². The summed E-state index contributed by atoms with van der Waals surface area (Å²) in [5.41, 5.74) is 8.08. The molecule has 0 aromatic carbocycles. The third kappa shape index (κ3) is 3.55. The molecule has 0 aliphatic rings. The molecule has 1 heterocycles. The van der Waals surface area contributed by atoms with Gasteiger partial charge in [0.15, 0.2) is 0 Å². The van der Waals surface area contributed by atoms with Crippen molar-refractivity contribution in [3.8, 4) is 0 Å². The molecule has 0 aliphatic heterocycles. The van der Waals surface area contributed by atoms with Gasteiger partial charge in [0.05, 0.1) is 0 Å². The number of nitrogens with two attached hydrogens (primary N) is 1. The lowest BCUT2D eigenvalue weighted by atomic mass is 9.99. The molecule has 1 rings (SSSR count). The smallest absolute Gasteiger partial charge is 0.0421 e. The Morgan fingerprint density at radius 2 is 2.08 bits per heavy atom. The fourth-order valence-electron chi connectivity index (χ4n) is 1.24. The molecule has 0 saturated heterocycles. The maximum atomic E-state index is 5.90. The fourth-order valence-corrected chi connectivity index (χ4v) is 1.24. The van der Waals surface area contributed by atoms with E-state index in [1.165, 1.54) is 5.56 Å². The van der Waals surface area contributed by atoms with Gasteiger partial charge in [0.2, 0.25) is 0 Å². The van der Waals surface area contributed by atoms with Crippen LogP contribution < -0.4 is 5.73 Å². The van der Waals surface area contributed by atoms with Crippen molar-refractivity contribution in [3.05, 3.63) is 29.6 Å². The first kappa shape index (κ1) is 10.2. The van der Waals surface area contributed by atoms with Crippen molar-refractivity contribution in [1.29, 1.82) is 0 Å². The van der Waals surface area contributed by atoms with Gasteiger partial charge in [-0.2, -0.15) is 0 Å². The first-order valence-corrected chi connectivity index (χ1v) is 4.74. The molecule has 0 fully saturated rings. The normalized spacial score (nSPS) is 11.7. The lowest BCUT2D eigenvalue weighted by Crippen LogP contribution is -2.34. The Labute approximate surface area is 80.2 Å². The largest absolute Gasteiger partial charge is 0.325 e. The molecule has 0 spiro atoms. The van der Waals surface area contributed by atoms with E-state index in [4.69, 9.17) is 5.73 Å². The monoisotopic (exact) mass is 178 g/mol. The van der Waals surface area contributed by atoms with Gasteiger partial charge in [0, 0.05) is 23.9 Å². The minimum atomic E-state index is -0.166. The zero-order chi connectivity index (χ0) is 9.90. The van der Waals surface area contributed by atoms with Crippen LogP contribution in [0.4, 0.5) is 0 Å². The van der Waals surface area contributed by atoms with Crippen LogP contribution in [0.5, 0.6) is 0 Å². The maximum absolute atomic E-state index is 5.90. The first-order chi connectivity index (χ1) is 6.01. The lowest BCUT2D eigenvalue weighted by Gasteiger charge is -2.17. The van der Waals surface area contributed by atoms with Crippen LogP contribution in [0.2, 0.25) is 0 Å². The van der Waals surface area contributed by atoms with Gasteiger partial charge in [-0.15, -0.1) is 0 Å². The van der Waals surface area contributed by atoms with Crippen LogP contribution in [0.25, 0.3) is 0 Å². The van der Waals surface area contributed by atoms with Crippen molar-refractivity contribution in [1.82, 2.24) is 4.98 Å². The minimum absolute atomic E-state index is 0.166. The molecule has 0 atom stereocenters. The maximum Gasteiger partial charge on any atom is 0.0421 e. The van der Waals surface area contributed by atoms with Gasteiger partial charge in [-0.1, -0.05) is 13.0 Å².